The van der Waals surface area contributed by atoms with Crippen LogP contribution < -0.4 is 4.90 Å². The van der Waals surface area contributed by atoms with Crippen LogP contribution in [0.5, 0.6) is 0 Å². The van der Waals surface area contributed by atoms with Gasteiger partial charge in [0.05, 0.1) is 26.6 Å². The van der Waals surface area contributed by atoms with Crippen molar-refractivity contribution in [2.24, 2.45) is 0 Å². The summed E-state index contributed by atoms with van der Waals surface area (Å²) in [5.74, 6) is 0.0878. The van der Waals surface area contributed by atoms with Gasteiger partial charge in [0, 0.05) is 11.8 Å². The number of aryl methyl sites for hydroxylation is 2. The number of anilines is 2. The summed E-state index contributed by atoms with van der Waals surface area (Å²) in [6.45, 7) is 1.95. The van der Waals surface area contributed by atoms with E-state index in [1.165, 1.54) is 16.0 Å². The number of thiazole rings is 2. The molecule has 0 bridgehead atoms. The summed E-state index contributed by atoms with van der Waals surface area (Å²) in [6.07, 6.45) is 3.19. The maximum atomic E-state index is 13.0. The van der Waals surface area contributed by atoms with Crippen molar-refractivity contribution in [3.05, 3.63) is 70.7 Å². The number of benzene rings is 2. The minimum atomic E-state index is 0.0878. The molecule has 0 spiro atoms. The van der Waals surface area contributed by atoms with Crippen molar-refractivity contribution in [1.82, 2.24) is 9.97 Å². The van der Waals surface area contributed by atoms with Gasteiger partial charge in [0.15, 0.2) is 5.13 Å². The van der Waals surface area contributed by atoms with Gasteiger partial charge >= 0.3 is 0 Å². The maximum Gasteiger partial charge on any atom is 0.233 e. The average Bonchev–Trinajstić information content (AvgIpc) is 3.32. The van der Waals surface area contributed by atoms with Crippen molar-refractivity contribution >= 4 is 49.6 Å². The van der Waals surface area contributed by atoms with Gasteiger partial charge in [-0.15, -0.1) is 22.7 Å². The van der Waals surface area contributed by atoms with E-state index in [4.69, 9.17) is 0 Å². The predicted molar refractivity (Wildman–Crippen MR) is 118 cm³/mol. The first-order valence-electron chi connectivity index (χ1n) is 9.35. The van der Waals surface area contributed by atoms with E-state index in [1.54, 1.807) is 16.2 Å². The number of rotatable bonds is 7. The first-order valence-corrected chi connectivity index (χ1v) is 11.0. The lowest BCUT2D eigenvalue weighted by atomic mass is 10.1. The van der Waals surface area contributed by atoms with Gasteiger partial charge in [0.2, 0.25) is 5.91 Å². The maximum absolute atomic E-state index is 13.0. The van der Waals surface area contributed by atoms with Gasteiger partial charge < -0.3 is 0 Å². The van der Waals surface area contributed by atoms with Gasteiger partial charge in [0.1, 0.15) is 0 Å². The van der Waals surface area contributed by atoms with E-state index >= 15 is 0 Å². The molecule has 0 aliphatic heterocycles. The molecule has 2 aromatic carbocycles. The SMILES string of the molecule is Cc1csc(N(C(=O)CCCCc2nc3ccccc3s2)c2ccccc2)n1. The normalized spacial score (nSPS) is 11.0. The van der Waals surface area contributed by atoms with Crippen LogP contribution in [0.15, 0.2) is 60.0 Å². The van der Waals surface area contributed by atoms with Crippen LogP contribution in [-0.4, -0.2) is 15.9 Å². The summed E-state index contributed by atoms with van der Waals surface area (Å²) < 4.78 is 1.22. The fraction of sp³-hybridized carbons (Fsp3) is 0.227. The van der Waals surface area contributed by atoms with Crippen molar-refractivity contribution in [1.29, 1.82) is 0 Å². The highest BCUT2D eigenvalue weighted by Crippen LogP contribution is 2.30. The molecule has 0 fully saturated rings. The average molecular weight is 408 g/mol. The van der Waals surface area contributed by atoms with E-state index in [0.717, 1.165) is 46.3 Å². The zero-order valence-electron chi connectivity index (χ0n) is 15.7. The molecule has 0 saturated heterocycles. The van der Waals surface area contributed by atoms with Gasteiger partial charge in [-0.1, -0.05) is 30.3 Å². The topological polar surface area (TPSA) is 46.1 Å². The smallest absolute Gasteiger partial charge is 0.233 e. The Balaban J connectivity index is 1.39. The highest BCUT2D eigenvalue weighted by molar-refractivity contribution is 7.18. The number of unbranched alkanes of at least 4 members (excludes halogenated alkanes) is 1. The highest BCUT2D eigenvalue weighted by Gasteiger charge is 2.20. The Labute approximate surface area is 172 Å². The number of para-hydroxylation sites is 2. The molecular formula is C22H21N3OS2. The number of amides is 1. The number of hydrogen-bond donors (Lipinski definition) is 0. The van der Waals surface area contributed by atoms with Crippen LogP contribution in [0, 0.1) is 6.92 Å². The van der Waals surface area contributed by atoms with Crippen LogP contribution in [0.4, 0.5) is 10.8 Å². The lowest BCUT2D eigenvalue weighted by Crippen LogP contribution is -2.25. The Hall–Kier alpha value is -2.57. The molecule has 2 aromatic heterocycles. The molecule has 142 valence electrons. The molecule has 4 rings (SSSR count). The zero-order chi connectivity index (χ0) is 19.3. The van der Waals surface area contributed by atoms with Gasteiger partial charge in [-0.3, -0.25) is 9.69 Å². The van der Waals surface area contributed by atoms with Crippen LogP contribution in [0.3, 0.4) is 0 Å². The molecule has 6 heteroatoms. The third-order valence-corrected chi connectivity index (χ3v) is 6.47. The Bertz CT molecular complexity index is 1040. The highest BCUT2D eigenvalue weighted by atomic mass is 32.1. The van der Waals surface area contributed by atoms with E-state index in [2.05, 4.69) is 16.0 Å². The van der Waals surface area contributed by atoms with Crippen LogP contribution >= 0.6 is 22.7 Å². The van der Waals surface area contributed by atoms with Crippen molar-refractivity contribution < 1.29 is 4.79 Å². The first kappa shape index (κ1) is 18.8. The summed E-state index contributed by atoms with van der Waals surface area (Å²) in [6, 6.07) is 18.0. The minimum absolute atomic E-state index is 0.0878. The van der Waals surface area contributed by atoms with Gasteiger partial charge in [0.25, 0.3) is 0 Å². The number of hydrogen-bond acceptors (Lipinski definition) is 5. The van der Waals surface area contributed by atoms with Crippen molar-refractivity contribution in [2.45, 2.75) is 32.6 Å². The lowest BCUT2D eigenvalue weighted by molar-refractivity contribution is -0.118. The van der Waals surface area contributed by atoms with E-state index in [1.807, 2.05) is 60.8 Å². The van der Waals surface area contributed by atoms with Crippen LogP contribution in [-0.2, 0) is 11.2 Å². The molecule has 0 saturated carbocycles. The molecule has 4 aromatic rings. The summed E-state index contributed by atoms with van der Waals surface area (Å²) in [4.78, 5) is 23.9. The van der Waals surface area contributed by atoms with Crippen LogP contribution in [0.25, 0.3) is 10.2 Å². The van der Waals surface area contributed by atoms with Crippen LogP contribution in [0.2, 0.25) is 0 Å². The number of nitrogens with zero attached hydrogens (tertiary/aromatic N) is 3. The third kappa shape index (κ3) is 4.29. The minimum Gasteiger partial charge on any atom is -0.274 e. The fourth-order valence-corrected chi connectivity index (χ4v) is 4.92. The molecule has 0 radical (unpaired) electrons. The second-order valence-electron chi connectivity index (χ2n) is 6.62. The lowest BCUT2D eigenvalue weighted by Gasteiger charge is -2.20. The summed E-state index contributed by atoms with van der Waals surface area (Å²) >= 11 is 3.25. The quantitative estimate of drug-likeness (QED) is 0.346. The Morgan fingerprint density at radius 2 is 1.79 bits per heavy atom. The predicted octanol–water partition coefficient (Wildman–Crippen LogP) is 6.14. The molecule has 4 nitrogen and oxygen atoms in total. The summed E-state index contributed by atoms with van der Waals surface area (Å²) in [5.41, 5.74) is 2.87. The second-order valence-corrected chi connectivity index (χ2v) is 8.57. The van der Waals surface area contributed by atoms with Gasteiger partial charge in [-0.25, -0.2) is 9.97 Å². The summed E-state index contributed by atoms with van der Waals surface area (Å²) in [7, 11) is 0. The molecule has 0 aliphatic carbocycles. The van der Waals surface area contributed by atoms with Crippen molar-refractivity contribution in [3.8, 4) is 0 Å². The Morgan fingerprint density at radius 3 is 2.54 bits per heavy atom. The third-order valence-electron chi connectivity index (χ3n) is 4.43. The molecule has 0 aliphatic rings. The summed E-state index contributed by atoms with van der Waals surface area (Å²) in [5, 5.41) is 3.86. The second kappa shape index (κ2) is 8.63. The van der Waals surface area contributed by atoms with E-state index in [0.29, 0.717) is 6.42 Å². The molecule has 0 N–H and O–H groups in total. The number of fused-ring (bicyclic) bond motifs is 1. The standard InChI is InChI=1S/C22H21N3OS2/c1-16-15-27-22(23-16)25(17-9-3-2-4-10-17)21(26)14-8-7-13-20-24-18-11-5-6-12-19(18)28-20/h2-6,9-12,15H,7-8,13-14H2,1H3. The van der Waals surface area contributed by atoms with Crippen molar-refractivity contribution in [2.75, 3.05) is 4.90 Å². The first-order chi connectivity index (χ1) is 13.7. The molecule has 2 heterocycles. The molecule has 0 unspecified atom stereocenters. The van der Waals surface area contributed by atoms with E-state index < -0.39 is 0 Å². The molecular weight excluding hydrogens is 386 g/mol. The Morgan fingerprint density at radius 1 is 1.00 bits per heavy atom. The van der Waals surface area contributed by atoms with Gasteiger partial charge in [-0.05, 0) is 50.5 Å². The molecule has 1 amide bonds. The van der Waals surface area contributed by atoms with E-state index in [-0.39, 0.29) is 5.91 Å². The number of carbonyl (C=O) groups is 1. The molecule has 28 heavy (non-hydrogen) atoms. The van der Waals surface area contributed by atoms with Crippen molar-refractivity contribution in [3.63, 3.8) is 0 Å². The van der Waals surface area contributed by atoms with Crippen LogP contribution in [0.1, 0.15) is 30.0 Å². The molecule has 0 atom stereocenters. The number of carbonyl (C=O) groups excluding carboxylic acids is 1. The van der Waals surface area contributed by atoms with Gasteiger partial charge in [-0.2, -0.15) is 0 Å². The Kier molecular flexibility index (Phi) is 5.78. The monoisotopic (exact) mass is 407 g/mol. The fourth-order valence-electron chi connectivity index (χ4n) is 3.07. The largest absolute Gasteiger partial charge is 0.274 e. The van der Waals surface area contributed by atoms with E-state index in [9.17, 15) is 4.79 Å². The zero-order valence-corrected chi connectivity index (χ0v) is 17.3. The number of aromatic nitrogens is 2.